The molecule has 4 heteroatoms. The smallest absolute Gasteiger partial charge is 0.319 e. The van der Waals surface area contributed by atoms with Crippen LogP contribution in [0.15, 0.2) is 24.3 Å². The van der Waals surface area contributed by atoms with Gasteiger partial charge in [0.1, 0.15) is 0 Å². The van der Waals surface area contributed by atoms with E-state index >= 15 is 0 Å². The van der Waals surface area contributed by atoms with Crippen LogP contribution in [0.5, 0.6) is 0 Å². The van der Waals surface area contributed by atoms with Gasteiger partial charge in [0.25, 0.3) is 0 Å². The first-order chi connectivity index (χ1) is 8.26. The van der Waals surface area contributed by atoms with Crippen molar-refractivity contribution in [3.05, 3.63) is 29.8 Å². The molecule has 17 heavy (non-hydrogen) atoms. The lowest BCUT2D eigenvalue weighted by atomic mass is 10.2. The van der Waals surface area contributed by atoms with E-state index in [0.717, 1.165) is 24.1 Å². The second-order valence-corrected chi connectivity index (χ2v) is 3.87. The van der Waals surface area contributed by atoms with E-state index in [1.54, 1.807) is 7.11 Å². The van der Waals surface area contributed by atoms with Crippen LogP contribution in [0.2, 0.25) is 0 Å². The van der Waals surface area contributed by atoms with Gasteiger partial charge in [-0.15, -0.1) is 0 Å². The molecule has 0 unspecified atom stereocenters. The van der Waals surface area contributed by atoms with Gasteiger partial charge in [0.05, 0.1) is 6.61 Å². The average Bonchev–Trinajstić information content (AvgIpc) is 2.30. The van der Waals surface area contributed by atoms with Gasteiger partial charge in [-0.1, -0.05) is 25.5 Å². The summed E-state index contributed by atoms with van der Waals surface area (Å²) in [6.45, 7) is 3.35. The third-order valence-electron chi connectivity index (χ3n) is 2.31. The van der Waals surface area contributed by atoms with E-state index in [1.165, 1.54) is 0 Å². The summed E-state index contributed by atoms with van der Waals surface area (Å²) in [5, 5.41) is 5.60. The summed E-state index contributed by atoms with van der Waals surface area (Å²) in [5.41, 5.74) is 1.83. The van der Waals surface area contributed by atoms with E-state index in [2.05, 4.69) is 17.6 Å². The molecule has 0 atom stereocenters. The van der Waals surface area contributed by atoms with Gasteiger partial charge < -0.3 is 15.4 Å². The fraction of sp³-hybridized carbons (Fsp3) is 0.462. The van der Waals surface area contributed by atoms with Gasteiger partial charge >= 0.3 is 6.03 Å². The Bertz CT molecular complexity index is 353. The number of benzene rings is 1. The average molecular weight is 236 g/mol. The molecule has 0 saturated carbocycles. The number of hydrogen-bond acceptors (Lipinski definition) is 2. The third kappa shape index (κ3) is 5.36. The van der Waals surface area contributed by atoms with Crippen molar-refractivity contribution in [1.82, 2.24) is 5.32 Å². The lowest BCUT2D eigenvalue weighted by Crippen LogP contribution is -2.29. The van der Waals surface area contributed by atoms with Gasteiger partial charge in [0.15, 0.2) is 0 Å². The molecule has 0 radical (unpaired) electrons. The minimum absolute atomic E-state index is 0.159. The zero-order valence-corrected chi connectivity index (χ0v) is 10.5. The second kappa shape index (κ2) is 7.68. The molecule has 4 nitrogen and oxygen atoms in total. The molecule has 2 N–H and O–H groups in total. The summed E-state index contributed by atoms with van der Waals surface area (Å²) >= 11 is 0. The number of anilines is 1. The second-order valence-electron chi connectivity index (χ2n) is 3.87. The Kier molecular flexibility index (Phi) is 6.10. The van der Waals surface area contributed by atoms with E-state index < -0.39 is 0 Å². The van der Waals surface area contributed by atoms with Gasteiger partial charge in [-0.25, -0.2) is 4.79 Å². The van der Waals surface area contributed by atoms with E-state index in [-0.39, 0.29) is 6.03 Å². The molecular formula is C13H20N2O2. The Labute approximate surface area is 102 Å². The van der Waals surface area contributed by atoms with Crippen LogP contribution >= 0.6 is 0 Å². The zero-order valence-electron chi connectivity index (χ0n) is 10.5. The van der Waals surface area contributed by atoms with E-state index in [4.69, 9.17) is 4.74 Å². The summed E-state index contributed by atoms with van der Waals surface area (Å²) < 4.78 is 5.04. The molecule has 0 spiro atoms. The number of methoxy groups -OCH3 is 1. The monoisotopic (exact) mass is 236 g/mol. The third-order valence-corrected chi connectivity index (χ3v) is 2.31. The SMILES string of the molecule is CCCCNC(=O)Nc1cccc(COC)c1. The first kappa shape index (κ1) is 13.5. The Morgan fingerprint density at radius 2 is 2.24 bits per heavy atom. The Morgan fingerprint density at radius 3 is 2.94 bits per heavy atom. The molecule has 0 aliphatic carbocycles. The van der Waals surface area contributed by atoms with Crippen molar-refractivity contribution in [3.8, 4) is 0 Å². The normalized spacial score (nSPS) is 10.0. The van der Waals surface area contributed by atoms with Crippen molar-refractivity contribution < 1.29 is 9.53 Å². The van der Waals surface area contributed by atoms with Gasteiger partial charge in [-0.2, -0.15) is 0 Å². The molecule has 0 bridgehead atoms. The fourth-order valence-electron chi connectivity index (χ4n) is 1.46. The number of ether oxygens (including phenoxy) is 1. The van der Waals surface area contributed by atoms with Crippen LogP contribution in [0.25, 0.3) is 0 Å². The molecule has 1 aromatic rings. The molecule has 0 aliphatic heterocycles. The van der Waals surface area contributed by atoms with Crippen LogP contribution < -0.4 is 10.6 Å². The van der Waals surface area contributed by atoms with Crippen LogP contribution in [0.4, 0.5) is 10.5 Å². The quantitative estimate of drug-likeness (QED) is 0.746. The number of carbonyl (C=O) groups excluding carboxylic acids is 1. The molecule has 0 aliphatic rings. The highest BCUT2D eigenvalue weighted by molar-refractivity contribution is 5.89. The van der Waals surface area contributed by atoms with E-state index in [9.17, 15) is 4.79 Å². The topological polar surface area (TPSA) is 50.4 Å². The van der Waals surface area contributed by atoms with Crippen LogP contribution in [0.3, 0.4) is 0 Å². The maximum absolute atomic E-state index is 11.5. The molecule has 0 fully saturated rings. The highest BCUT2D eigenvalue weighted by Crippen LogP contribution is 2.11. The number of unbranched alkanes of at least 4 members (excludes halogenated alkanes) is 1. The van der Waals surface area contributed by atoms with E-state index in [1.807, 2.05) is 24.3 Å². The van der Waals surface area contributed by atoms with Crippen LogP contribution in [-0.4, -0.2) is 19.7 Å². The molecule has 0 heterocycles. The lowest BCUT2D eigenvalue weighted by Gasteiger charge is -2.08. The molecule has 2 amide bonds. The Hall–Kier alpha value is -1.55. The maximum Gasteiger partial charge on any atom is 0.319 e. The van der Waals surface area contributed by atoms with Crippen LogP contribution in [-0.2, 0) is 11.3 Å². The molecular weight excluding hydrogens is 216 g/mol. The summed E-state index contributed by atoms with van der Waals surface area (Å²) in [6.07, 6.45) is 2.07. The molecule has 1 rings (SSSR count). The van der Waals surface area contributed by atoms with Gasteiger partial charge in [0, 0.05) is 19.3 Å². The highest BCUT2D eigenvalue weighted by atomic mass is 16.5. The van der Waals surface area contributed by atoms with Crippen molar-refractivity contribution in [2.45, 2.75) is 26.4 Å². The molecule has 0 saturated heterocycles. The molecule has 0 aromatic heterocycles. The van der Waals surface area contributed by atoms with Crippen molar-refractivity contribution in [2.24, 2.45) is 0 Å². The number of urea groups is 1. The van der Waals surface area contributed by atoms with Crippen molar-refractivity contribution >= 4 is 11.7 Å². The number of carbonyl (C=O) groups is 1. The zero-order chi connectivity index (χ0) is 12.5. The van der Waals surface area contributed by atoms with Crippen molar-refractivity contribution in [3.63, 3.8) is 0 Å². The lowest BCUT2D eigenvalue weighted by molar-refractivity contribution is 0.185. The first-order valence-electron chi connectivity index (χ1n) is 5.89. The standard InChI is InChI=1S/C13H20N2O2/c1-3-4-8-14-13(16)15-12-7-5-6-11(9-12)10-17-2/h5-7,9H,3-4,8,10H2,1-2H3,(H2,14,15,16). The Morgan fingerprint density at radius 1 is 1.41 bits per heavy atom. The number of amides is 2. The summed E-state index contributed by atoms with van der Waals surface area (Å²) in [4.78, 5) is 11.5. The first-order valence-corrected chi connectivity index (χ1v) is 5.89. The summed E-state index contributed by atoms with van der Waals surface area (Å²) in [6, 6.07) is 7.47. The minimum atomic E-state index is -0.159. The van der Waals surface area contributed by atoms with Crippen LogP contribution in [0.1, 0.15) is 25.3 Å². The van der Waals surface area contributed by atoms with E-state index in [0.29, 0.717) is 13.2 Å². The predicted octanol–water partition coefficient (Wildman–Crippen LogP) is 2.75. The summed E-state index contributed by atoms with van der Waals surface area (Å²) in [5.74, 6) is 0. The van der Waals surface area contributed by atoms with Crippen molar-refractivity contribution in [1.29, 1.82) is 0 Å². The van der Waals surface area contributed by atoms with Gasteiger partial charge in [0.2, 0.25) is 0 Å². The largest absolute Gasteiger partial charge is 0.380 e. The summed E-state index contributed by atoms with van der Waals surface area (Å²) in [7, 11) is 1.65. The number of hydrogen-bond donors (Lipinski definition) is 2. The minimum Gasteiger partial charge on any atom is -0.380 e. The number of nitrogens with one attached hydrogen (secondary N) is 2. The Balaban J connectivity index is 2.44. The van der Waals surface area contributed by atoms with Gasteiger partial charge in [-0.3, -0.25) is 0 Å². The van der Waals surface area contributed by atoms with Crippen LogP contribution in [0, 0.1) is 0 Å². The highest BCUT2D eigenvalue weighted by Gasteiger charge is 2.01. The molecule has 94 valence electrons. The molecule has 1 aromatic carbocycles. The van der Waals surface area contributed by atoms with Gasteiger partial charge in [-0.05, 0) is 24.1 Å². The maximum atomic E-state index is 11.5. The number of rotatable bonds is 6. The van der Waals surface area contributed by atoms with Crippen molar-refractivity contribution in [2.75, 3.05) is 19.0 Å². The predicted molar refractivity (Wildman–Crippen MR) is 69.1 cm³/mol. The fourth-order valence-corrected chi connectivity index (χ4v) is 1.46.